The van der Waals surface area contributed by atoms with E-state index in [0.29, 0.717) is 0 Å². The monoisotopic (exact) mass is 360 g/mol. The third kappa shape index (κ3) is 4.83. The Labute approximate surface area is 156 Å². The van der Waals surface area contributed by atoms with Gasteiger partial charge in [-0.25, -0.2) is 0 Å². The van der Waals surface area contributed by atoms with Crippen LogP contribution in [0.25, 0.3) is 0 Å². The molecule has 1 fully saturated rings. The summed E-state index contributed by atoms with van der Waals surface area (Å²) in [5.74, 6) is -0.346. The third-order valence-electron chi connectivity index (χ3n) is 5.19. The van der Waals surface area contributed by atoms with Crippen LogP contribution in [0.3, 0.4) is 0 Å². The van der Waals surface area contributed by atoms with Crippen LogP contribution < -0.4 is 21.3 Å². The molecule has 1 aromatic carbocycles. The van der Waals surface area contributed by atoms with Gasteiger partial charge in [-0.1, -0.05) is 19.1 Å². The highest BCUT2D eigenvalue weighted by atomic mass is 16.2. The first kappa shape index (κ1) is 20.4. The predicted octanol–water partition coefficient (Wildman–Crippen LogP) is 1.86. The second-order valence-corrected chi connectivity index (χ2v) is 7.49. The number of hydrogen-bond donors (Lipinski definition) is 4. The molecule has 0 aromatic heterocycles. The quantitative estimate of drug-likeness (QED) is 0.646. The smallest absolute Gasteiger partial charge is 0.243 e. The fourth-order valence-corrected chi connectivity index (χ4v) is 3.02. The van der Waals surface area contributed by atoms with Gasteiger partial charge < -0.3 is 21.3 Å². The van der Waals surface area contributed by atoms with Gasteiger partial charge >= 0.3 is 0 Å². The molecule has 2 rings (SSSR count). The molecule has 5 atom stereocenters. The summed E-state index contributed by atoms with van der Waals surface area (Å²) in [5, 5.41) is 12.6. The van der Waals surface area contributed by atoms with E-state index in [1.807, 2.05) is 59.7 Å². The molecule has 4 N–H and O–H groups in total. The molecular formula is C20H32N4O2. The number of hydrogen-bond acceptors (Lipinski definition) is 4. The van der Waals surface area contributed by atoms with Crippen molar-refractivity contribution in [1.82, 2.24) is 16.0 Å². The zero-order chi connectivity index (χ0) is 19.4. The van der Waals surface area contributed by atoms with E-state index in [9.17, 15) is 9.59 Å². The summed E-state index contributed by atoms with van der Waals surface area (Å²) in [6.45, 7) is 12.0. The minimum absolute atomic E-state index is 0.0710. The molecule has 26 heavy (non-hydrogen) atoms. The van der Waals surface area contributed by atoms with Gasteiger partial charge in [0.15, 0.2) is 0 Å². The largest absolute Gasteiger partial charge is 0.352 e. The van der Waals surface area contributed by atoms with Crippen molar-refractivity contribution in [2.45, 2.75) is 78.2 Å². The summed E-state index contributed by atoms with van der Waals surface area (Å²) in [7, 11) is 0. The van der Waals surface area contributed by atoms with Crippen molar-refractivity contribution in [3.8, 4) is 0 Å². The Kier molecular flexibility index (Phi) is 6.78. The van der Waals surface area contributed by atoms with E-state index in [1.54, 1.807) is 0 Å². The standard InChI is InChI=1S/C20H32N4O2/c1-7-13(4)21-19(25)17-18(23-15(6)14(5)22-17)20(26)24-16-10-11(2)8-9-12(16)3/h8-10,13-15,17-18,22-23H,7H2,1-6H3,(H,21,25)(H,24,26). The molecule has 1 aromatic rings. The Bertz CT molecular complexity index is 661. The van der Waals surface area contributed by atoms with Crippen LogP contribution in [0.4, 0.5) is 5.69 Å². The lowest BCUT2D eigenvalue weighted by atomic mass is 9.96. The molecular weight excluding hydrogens is 328 g/mol. The van der Waals surface area contributed by atoms with Crippen molar-refractivity contribution in [3.05, 3.63) is 29.3 Å². The summed E-state index contributed by atoms with van der Waals surface area (Å²) in [6, 6.07) is 4.94. The molecule has 2 amide bonds. The van der Waals surface area contributed by atoms with Crippen molar-refractivity contribution in [3.63, 3.8) is 0 Å². The van der Waals surface area contributed by atoms with Crippen LogP contribution in [0.2, 0.25) is 0 Å². The lowest BCUT2D eigenvalue weighted by Gasteiger charge is -2.40. The minimum atomic E-state index is -0.634. The van der Waals surface area contributed by atoms with E-state index in [4.69, 9.17) is 0 Å². The van der Waals surface area contributed by atoms with Crippen molar-refractivity contribution in [1.29, 1.82) is 0 Å². The minimum Gasteiger partial charge on any atom is -0.352 e. The van der Waals surface area contributed by atoms with Gasteiger partial charge in [-0.3, -0.25) is 9.59 Å². The highest BCUT2D eigenvalue weighted by Gasteiger charge is 2.40. The highest BCUT2D eigenvalue weighted by Crippen LogP contribution is 2.18. The second-order valence-electron chi connectivity index (χ2n) is 7.49. The summed E-state index contributed by atoms with van der Waals surface area (Å²) in [5.41, 5.74) is 2.85. The molecule has 6 nitrogen and oxygen atoms in total. The molecule has 0 radical (unpaired) electrons. The average Bonchev–Trinajstić information content (AvgIpc) is 2.59. The van der Waals surface area contributed by atoms with Crippen LogP contribution in [0.15, 0.2) is 18.2 Å². The van der Waals surface area contributed by atoms with Gasteiger partial charge in [-0.05, 0) is 58.2 Å². The Balaban J connectivity index is 2.19. The van der Waals surface area contributed by atoms with E-state index < -0.39 is 12.1 Å². The van der Waals surface area contributed by atoms with E-state index in [1.165, 1.54) is 0 Å². The highest BCUT2D eigenvalue weighted by molar-refractivity contribution is 6.00. The SMILES string of the molecule is CCC(C)NC(=O)C1NC(C)C(C)NC1C(=O)Nc1cc(C)ccc1C. The first-order valence-electron chi connectivity index (χ1n) is 9.43. The average molecular weight is 361 g/mol. The van der Waals surface area contributed by atoms with Crippen LogP contribution >= 0.6 is 0 Å². The van der Waals surface area contributed by atoms with Crippen LogP contribution in [0, 0.1) is 13.8 Å². The molecule has 144 valence electrons. The van der Waals surface area contributed by atoms with Crippen LogP contribution in [0.5, 0.6) is 0 Å². The van der Waals surface area contributed by atoms with Crippen molar-refractivity contribution < 1.29 is 9.59 Å². The van der Waals surface area contributed by atoms with Gasteiger partial charge in [0.05, 0.1) is 0 Å². The number of amides is 2. The molecule has 1 aliphatic heterocycles. The predicted molar refractivity (Wildman–Crippen MR) is 105 cm³/mol. The van der Waals surface area contributed by atoms with Crippen molar-refractivity contribution in [2.75, 3.05) is 5.32 Å². The first-order valence-corrected chi connectivity index (χ1v) is 9.43. The fraction of sp³-hybridized carbons (Fsp3) is 0.600. The Morgan fingerprint density at radius 2 is 1.65 bits per heavy atom. The number of rotatable bonds is 5. The number of aryl methyl sites for hydroxylation is 2. The maximum Gasteiger partial charge on any atom is 0.243 e. The van der Waals surface area contributed by atoms with Crippen molar-refractivity contribution in [2.24, 2.45) is 0 Å². The van der Waals surface area contributed by atoms with Gasteiger partial charge in [0, 0.05) is 23.8 Å². The molecule has 1 heterocycles. The van der Waals surface area contributed by atoms with Crippen LogP contribution in [-0.4, -0.2) is 42.0 Å². The number of benzene rings is 1. The number of carbonyl (C=O) groups is 2. The summed E-state index contributed by atoms with van der Waals surface area (Å²) < 4.78 is 0. The summed E-state index contributed by atoms with van der Waals surface area (Å²) >= 11 is 0. The third-order valence-corrected chi connectivity index (χ3v) is 5.19. The zero-order valence-electron chi connectivity index (χ0n) is 16.6. The molecule has 0 aliphatic carbocycles. The number of anilines is 1. The molecule has 6 heteroatoms. The van der Waals surface area contributed by atoms with Gasteiger partial charge in [-0.15, -0.1) is 0 Å². The second kappa shape index (κ2) is 8.64. The fourth-order valence-electron chi connectivity index (χ4n) is 3.02. The maximum absolute atomic E-state index is 13.0. The molecule has 5 unspecified atom stereocenters. The Morgan fingerprint density at radius 1 is 1.08 bits per heavy atom. The Morgan fingerprint density at radius 3 is 2.23 bits per heavy atom. The van der Waals surface area contributed by atoms with Crippen LogP contribution in [-0.2, 0) is 9.59 Å². The zero-order valence-corrected chi connectivity index (χ0v) is 16.6. The maximum atomic E-state index is 13.0. The summed E-state index contributed by atoms with van der Waals surface area (Å²) in [4.78, 5) is 25.7. The first-order chi connectivity index (χ1) is 12.2. The van der Waals surface area contributed by atoms with E-state index in [-0.39, 0.29) is 29.9 Å². The van der Waals surface area contributed by atoms with Gasteiger partial charge in [0.1, 0.15) is 12.1 Å². The Hall–Kier alpha value is -1.92. The normalized spacial score (nSPS) is 26.8. The number of nitrogens with one attached hydrogen (secondary N) is 4. The number of piperazine rings is 1. The van der Waals surface area contributed by atoms with E-state index in [2.05, 4.69) is 21.3 Å². The van der Waals surface area contributed by atoms with Gasteiger partial charge in [-0.2, -0.15) is 0 Å². The molecule has 0 saturated carbocycles. The molecule has 1 saturated heterocycles. The lowest BCUT2D eigenvalue weighted by Crippen LogP contribution is -2.71. The molecule has 0 spiro atoms. The van der Waals surface area contributed by atoms with E-state index in [0.717, 1.165) is 23.2 Å². The lowest BCUT2D eigenvalue weighted by molar-refractivity contribution is -0.130. The van der Waals surface area contributed by atoms with Crippen molar-refractivity contribution >= 4 is 17.5 Å². The van der Waals surface area contributed by atoms with Gasteiger partial charge in [0.2, 0.25) is 11.8 Å². The molecule has 1 aliphatic rings. The van der Waals surface area contributed by atoms with Crippen LogP contribution in [0.1, 0.15) is 45.2 Å². The topological polar surface area (TPSA) is 82.3 Å². The number of carbonyl (C=O) groups excluding carboxylic acids is 2. The van der Waals surface area contributed by atoms with Gasteiger partial charge in [0.25, 0.3) is 0 Å². The molecule has 0 bridgehead atoms. The summed E-state index contributed by atoms with van der Waals surface area (Å²) in [6.07, 6.45) is 0.844. The van der Waals surface area contributed by atoms with E-state index >= 15 is 0 Å².